The van der Waals surface area contributed by atoms with E-state index >= 15 is 0 Å². The highest BCUT2D eigenvalue weighted by Gasteiger charge is 2.54. The molecule has 228 valence electrons. The zero-order chi connectivity index (χ0) is 28.8. The molecule has 1 amide bonds. The topological polar surface area (TPSA) is 102 Å². The van der Waals surface area contributed by atoms with Gasteiger partial charge in [0.15, 0.2) is 11.6 Å². The van der Waals surface area contributed by atoms with E-state index in [2.05, 4.69) is 25.2 Å². The van der Waals surface area contributed by atoms with Gasteiger partial charge in [-0.1, -0.05) is 0 Å². The molecule has 4 aliphatic rings. The number of nitrogens with zero attached hydrogens (tertiary/aromatic N) is 5. The van der Waals surface area contributed by atoms with Gasteiger partial charge in [-0.15, -0.1) is 12.4 Å². The van der Waals surface area contributed by atoms with Crippen LogP contribution in [-0.4, -0.2) is 70.2 Å². The summed E-state index contributed by atoms with van der Waals surface area (Å²) in [5.74, 6) is 1.52. The number of carbonyl (C=O) groups excluding carboxylic acids is 1. The van der Waals surface area contributed by atoms with E-state index in [1.54, 1.807) is 11.1 Å². The van der Waals surface area contributed by atoms with Crippen LogP contribution in [0.25, 0.3) is 0 Å². The van der Waals surface area contributed by atoms with Crippen LogP contribution in [0.1, 0.15) is 54.7 Å². The Hall–Kier alpha value is -3.54. The van der Waals surface area contributed by atoms with Crippen molar-refractivity contribution >= 4 is 24.1 Å². The molecule has 2 saturated heterocycles. The number of aromatic nitrogens is 3. The first kappa shape index (κ1) is 29.5. The summed E-state index contributed by atoms with van der Waals surface area (Å²) in [4.78, 5) is 30.8. The van der Waals surface area contributed by atoms with Crippen LogP contribution >= 0.6 is 12.4 Å². The normalized spacial score (nSPS) is 20.3. The summed E-state index contributed by atoms with van der Waals surface area (Å²) in [6.45, 7) is 8.22. The van der Waals surface area contributed by atoms with Gasteiger partial charge in [0.2, 0.25) is 0 Å². The van der Waals surface area contributed by atoms with E-state index in [4.69, 9.17) is 14.2 Å². The van der Waals surface area contributed by atoms with E-state index in [-0.39, 0.29) is 53.2 Å². The minimum Gasteiger partial charge on any atom is -0.490 e. The molecule has 3 aromatic rings. The molecule has 12 heteroatoms. The predicted octanol–water partition coefficient (Wildman–Crippen LogP) is 4.52. The van der Waals surface area contributed by atoms with Gasteiger partial charge in [-0.05, 0) is 57.4 Å². The fourth-order valence-corrected chi connectivity index (χ4v) is 6.81. The average Bonchev–Trinajstić information content (AvgIpc) is 3.64. The minimum atomic E-state index is -0.499. The first-order valence-electron chi connectivity index (χ1n) is 14.7. The van der Waals surface area contributed by atoms with E-state index in [0.717, 1.165) is 56.9 Å². The smallest absolute Gasteiger partial charge is 0.258 e. The highest BCUT2D eigenvalue weighted by molar-refractivity contribution is 5.97. The number of nitrogens with one attached hydrogen (secondary N) is 1. The van der Waals surface area contributed by atoms with Crippen molar-refractivity contribution < 1.29 is 23.4 Å². The zero-order valence-corrected chi connectivity index (χ0v) is 25.1. The number of anilines is 1. The Morgan fingerprint density at radius 2 is 2.00 bits per heavy atom. The summed E-state index contributed by atoms with van der Waals surface area (Å²) in [5.41, 5.74) is 2.59. The summed E-state index contributed by atoms with van der Waals surface area (Å²) >= 11 is 0. The number of rotatable bonds is 8. The number of benzene rings is 1. The lowest BCUT2D eigenvalue weighted by atomic mass is 9.61. The third-order valence-electron chi connectivity index (χ3n) is 8.80. The van der Waals surface area contributed by atoms with Crippen molar-refractivity contribution in [3.63, 3.8) is 0 Å². The molecule has 3 fully saturated rings. The molecule has 0 radical (unpaired) electrons. The number of hydrogen-bond acceptors (Lipinski definition) is 9. The van der Waals surface area contributed by atoms with Gasteiger partial charge in [-0.25, -0.2) is 14.4 Å². The summed E-state index contributed by atoms with van der Waals surface area (Å²) < 4.78 is 32.6. The van der Waals surface area contributed by atoms with Crippen LogP contribution in [0.3, 0.4) is 0 Å². The molecule has 7 rings (SSSR count). The molecule has 10 nitrogen and oxygen atoms in total. The Balaban J connectivity index is 0.00000329. The number of ether oxygens (including phenoxy) is 3. The lowest BCUT2D eigenvalue weighted by Gasteiger charge is -2.58. The summed E-state index contributed by atoms with van der Waals surface area (Å²) in [6, 6.07) is 5.86. The Kier molecular flexibility index (Phi) is 8.14. The summed E-state index contributed by atoms with van der Waals surface area (Å²) in [7, 11) is 0. The van der Waals surface area contributed by atoms with E-state index in [1.165, 1.54) is 30.1 Å². The van der Waals surface area contributed by atoms with Crippen molar-refractivity contribution in [1.82, 2.24) is 25.2 Å². The van der Waals surface area contributed by atoms with Crippen molar-refractivity contribution in [2.24, 2.45) is 5.41 Å². The van der Waals surface area contributed by atoms with Gasteiger partial charge in [0, 0.05) is 56.0 Å². The van der Waals surface area contributed by atoms with E-state index < -0.39 is 5.82 Å². The molecular formula is C31H36ClFN6O4. The first-order valence-corrected chi connectivity index (χ1v) is 14.7. The Bertz CT molecular complexity index is 1490. The molecule has 1 aliphatic carbocycles. The van der Waals surface area contributed by atoms with E-state index in [9.17, 15) is 9.18 Å². The van der Waals surface area contributed by atoms with Crippen LogP contribution in [0.15, 0.2) is 43.0 Å². The van der Waals surface area contributed by atoms with Crippen LogP contribution in [0.2, 0.25) is 0 Å². The highest BCUT2D eigenvalue weighted by Crippen LogP contribution is 2.52. The van der Waals surface area contributed by atoms with Gasteiger partial charge in [0.25, 0.3) is 5.91 Å². The van der Waals surface area contributed by atoms with Crippen LogP contribution in [-0.2, 0) is 17.8 Å². The number of amides is 1. The SMILES string of the molecule is CC(C)N(C(=O)c1cc(F)ccc1Oc1cncnc1N1CC2(CC(Oc3ccnc4c3CNC4)C2)C1)[C@@H]1CCOC1.Cl. The number of hydrogen-bond donors (Lipinski definition) is 1. The van der Waals surface area contributed by atoms with Crippen LogP contribution < -0.4 is 19.7 Å². The van der Waals surface area contributed by atoms with Crippen LogP contribution in [0.4, 0.5) is 10.2 Å². The largest absolute Gasteiger partial charge is 0.490 e. The Labute approximate surface area is 256 Å². The standard InChI is InChI=1S/C31H35FN6O4.ClH/c1-19(2)38(21-6-8-40-15-21)30(39)23-9-20(32)3-4-26(23)42-28-14-34-18-36-29(28)37-16-31(17-37)10-22(11-31)41-27-5-7-35-25-13-33-12-24(25)27;/h3-5,7,9,14,18-19,21-22,33H,6,8,10-13,15-17H2,1-2H3;1H/t21-;/m1./s1. The summed E-state index contributed by atoms with van der Waals surface area (Å²) in [5, 5.41) is 3.34. The molecule has 2 aromatic heterocycles. The minimum absolute atomic E-state index is 0. The third kappa shape index (κ3) is 5.61. The Morgan fingerprint density at radius 1 is 1.16 bits per heavy atom. The first-order chi connectivity index (χ1) is 20.4. The van der Waals surface area contributed by atoms with Crippen molar-refractivity contribution in [3.8, 4) is 17.2 Å². The maximum atomic E-state index is 14.4. The maximum Gasteiger partial charge on any atom is 0.258 e. The van der Waals surface area contributed by atoms with Gasteiger partial charge >= 0.3 is 0 Å². The average molecular weight is 611 g/mol. The van der Waals surface area contributed by atoms with E-state index in [1.807, 2.05) is 26.1 Å². The molecule has 1 aromatic carbocycles. The molecule has 3 aliphatic heterocycles. The summed E-state index contributed by atoms with van der Waals surface area (Å²) in [6.07, 6.45) is 7.79. The second-order valence-corrected chi connectivity index (χ2v) is 12.1. The molecule has 5 heterocycles. The molecule has 1 N–H and O–H groups in total. The van der Waals surface area contributed by atoms with Crippen molar-refractivity contribution in [2.45, 2.75) is 64.4 Å². The molecule has 1 atom stereocenters. The number of pyridine rings is 1. The highest BCUT2D eigenvalue weighted by atomic mass is 35.5. The second kappa shape index (κ2) is 11.9. The lowest BCUT2D eigenvalue weighted by Crippen LogP contribution is -2.65. The quantitative estimate of drug-likeness (QED) is 0.395. The van der Waals surface area contributed by atoms with Gasteiger partial charge in [0.1, 0.15) is 29.7 Å². The van der Waals surface area contributed by atoms with Gasteiger partial charge in [-0.3, -0.25) is 9.78 Å². The fraction of sp³-hybridized carbons (Fsp3) is 0.484. The monoisotopic (exact) mass is 610 g/mol. The van der Waals surface area contributed by atoms with Crippen LogP contribution in [0, 0.1) is 11.2 Å². The van der Waals surface area contributed by atoms with Gasteiger partial charge in [-0.2, -0.15) is 0 Å². The zero-order valence-electron chi connectivity index (χ0n) is 24.3. The number of carbonyl (C=O) groups is 1. The fourth-order valence-electron chi connectivity index (χ4n) is 6.81. The molecular weight excluding hydrogens is 575 g/mol. The Morgan fingerprint density at radius 3 is 2.77 bits per heavy atom. The maximum absolute atomic E-state index is 14.4. The molecule has 1 spiro atoms. The number of halogens is 2. The lowest BCUT2D eigenvalue weighted by molar-refractivity contribution is -0.0348. The van der Waals surface area contributed by atoms with Gasteiger partial charge < -0.3 is 29.3 Å². The molecule has 0 unspecified atom stereocenters. The van der Waals surface area contributed by atoms with E-state index in [0.29, 0.717) is 24.8 Å². The molecule has 0 bridgehead atoms. The van der Waals surface area contributed by atoms with Crippen LogP contribution in [0.5, 0.6) is 17.2 Å². The second-order valence-electron chi connectivity index (χ2n) is 12.1. The third-order valence-corrected chi connectivity index (χ3v) is 8.80. The number of fused-ring (bicyclic) bond motifs is 1. The predicted molar refractivity (Wildman–Crippen MR) is 159 cm³/mol. The molecule has 1 saturated carbocycles. The van der Waals surface area contributed by atoms with Gasteiger partial charge in [0.05, 0.1) is 30.1 Å². The molecule has 43 heavy (non-hydrogen) atoms. The van der Waals surface area contributed by atoms with Crippen molar-refractivity contribution in [1.29, 1.82) is 0 Å². The van der Waals surface area contributed by atoms with Crippen molar-refractivity contribution in [3.05, 3.63) is 65.6 Å². The van der Waals surface area contributed by atoms with Crippen molar-refractivity contribution in [2.75, 3.05) is 31.2 Å².